The van der Waals surface area contributed by atoms with Gasteiger partial charge in [0.05, 0.1) is 5.56 Å². The van der Waals surface area contributed by atoms with Crippen molar-refractivity contribution in [3.05, 3.63) is 48.2 Å². The lowest BCUT2D eigenvalue weighted by Crippen LogP contribution is -2.13. The fourth-order valence-corrected chi connectivity index (χ4v) is 1.23. The van der Waals surface area contributed by atoms with Crippen molar-refractivity contribution < 1.29 is 9.13 Å². The van der Waals surface area contributed by atoms with Gasteiger partial charge in [-0.2, -0.15) is 0 Å². The molecule has 0 bridgehead atoms. The number of halogens is 1. The van der Waals surface area contributed by atoms with Crippen molar-refractivity contribution in [2.24, 2.45) is 5.73 Å². The van der Waals surface area contributed by atoms with E-state index in [4.69, 9.17) is 15.9 Å². The van der Waals surface area contributed by atoms with Crippen molar-refractivity contribution >= 4 is 5.84 Å². The van der Waals surface area contributed by atoms with Crippen molar-refractivity contribution in [2.75, 3.05) is 0 Å². The molecule has 0 aliphatic carbocycles. The zero-order valence-electron chi connectivity index (χ0n) is 8.72. The van der Waals surface area contributed by atoms with Crippen LogP contribution < -0.4 is 10.5 Å². The predicted octanol–water partition coefficient (Wildman–Crippen LogP) is 1.69. The lowest BCUT2D eigenvalue weighted by atomic mass is 10.3. The minimum atomic E-state index is -0.416. The molecule has 3 N–H and O–H groups in total. The van der Waals surface area contributed by atoms with Gasteiger partial charge in [-0.25, -0.2) is 14.4 Å². The van der Waals surface area contributed by atoms with E-state index >= 15 is 0 Å². The molecule has 0 aliphatic heterocycles. The summed E-state index contributed by atoms with van der Waals surface area (Å²) in [5.74, 6) is -0.220. The molecule has 2 rings (SSSR count). The Morgan fingerprint density at radius 3 is 2.94 bits per heavy atom. The van der Waals surface area contributed by atoms with Gasteiger partial charge in [0.25, 0.3) is 0 Å². The van der Waals surface area contributed by atoms with E-state index in [0.717, 1.165) is 0 Å². The van der Waals surface area contributed by atoms with Crippen LogP contribution >= 0.6 is 0 Å². The monoisotopic (exact) mass is 232 g/mol. The minimum absolute atomic E-state index is 0.123. The Morgan fingerprint density at radius 2 is 2.24 bits per heavy atom. The van der Waals surface area contributed by atoms with E-state index in [1.165, 1.54) is 30.7 Å². The fraction of sp³-hybridized carbons (Fsp3) is 0. The fourth-order valence-electron chi connectivity index (χ4n) is 1.23. The molecule has 5 nitrogen and oxygen atoms in total. The van der Waals surface area contributed by atoms with E-state index in [0.29, 0.717) is 0 Å². The summed E-state index contributed by atoms with van der Waals surface area (Å²) in [5.41, 5.74) is 5.61. The van der Waals surface area contributed by atoms with E-state index in [-0.39, 0.29) is 23.0 Å². The molecule has 0 amide bonds. The first-order chi connectivity index (χ1) is 8.16. The predicted molar refractivity (Wildman–Crippen MR) is 59.5 cm³/mol. The number of amidine groups is 1. The summed E-state index contributed by atoms with van der Waals surface area (Å²) in [6.45, 7) is 0. The minimum Gasteiger partial charge on any atom is -0.438 e. The highest BCUT2D eigenvalue weighted by Gasteiger charge is 2.09. The number of nitrogens with one attached hydrogen (secondary N) is 1. The molecule has 0 fully saturated rings. The molecule has 0 atom stereocenters. The Balaban J connectivity index is 2.33. The first-order valence-electron chi connectivity index (χ1n) is 4.74. The smallest absolute Gasteiger partial charge is 0.233 e. The van der Waals surface area contributed by atoms with Crippen LogP contribution in [0, 0.1) is 11.2 Å². The van der Waals surface area contributed by atoms with Crippen LogP contribution in [-0.2, 0) is 0 Å². The Labute approximate surface area is 96.6 Å². The van der Waals surface area contributed by atoms with E-state index in [9.17, 15) is 4.39 Å². The van der Waals surface area contributed by atoms with Crippen molar-refractivity contribution in [1.82, 2.24) is 9.97 Å². The summed E-state index contributed by atoms with van der Waals surface area (Å²) in [4.78, 5) is 7.59. The van der Waals surface area contributed by atoms with Gasteiger partial charge in [0.2, 0.25) is 5.88 Å². The van der Waals surface area contributed by atoms with Crippen LogP contribution in [0.2, 0.25) is 0 Å². The average molecular weight is 232 g/mol. The number of hydrogen-bond donors (Lipinski definition) is 2. The van der Waals surface area contributed by atoms with Gasteiger partial charge < -0.3 is 10.5 Å². The zero-order chi connectivity index (χ0) is 12.3. The number of nitrogens with zero attached hydrogens (tertiary/aromatic N) is 2. The maximum Gasteiger partial charge on any atom is 0.233 e. The highest BCUT2D eigenvalue weighted by Crippen LogP contribution is 2.22. The Kier molecular flexibility index (Phi) is 2.95. The standard InChI is InChI=1S/C11H9FN4O/c12-7-2-1-3-8(4-7)17-11-9(10(13)14)5-15-6-16-11/h1-6H,(H3,13,14). The number of nitrogen functional groups attached to an aromatic ring is 1. The molecule has 86 valence electrons. The molecule has 0 saturated heterocycles. The molecule has 1 aromatic carbocycles. The quantitative estimate of drug-likeness (QED) is 0.623. The van der Waals surface area contributed by atoms with Crippen molar-refractivity contribution in [2.45, 2.75) is 0 Å². The normalized spacial score (nSPS) is 9.94. The van der Waals surface area contributed by atoms with Gasteiger partial charge >= 0.3 is 0 Å². The van der Waals surface area contributed by atoms with E-state index < -0.39 is 5.82 Å². The van der Waals surface area contributed by atoms with E-state index in [1.807, 2.05) is 0 Å². The maximum atomic E-state index is 12.9. The van der Waals surface area contributed by atoms with Gasteiger partial charge in [0, 0.05) is 12.3 Å². The average Bonchev–Trinajstić information content (AvgIpc) is 2.29. The summed E-state index contributed by atoms with van der Waals surface area (Å²) in [6.07, 6.45) is 2.63. The molecular weight excluding hydrogens is 223 g/mol. The molecule has 0 saturated carbocycles. The molecule has 0 radical (unpaired) electrons. The summed E-state index contributed by atoms with van der Waals surface area (Å²) in [7, 11) is 0. The lowest BCUT2D eigenvalue weighted by Gasteiger charge is -2.07. The van der Waals surface area contributed by atoms with Crippen LogP contribution in [0.5, 0.6) is 11.6 Å². The highest BCUT2D eigenvalue weighted by molar-refractivity contribution is 5.96. The third-order valence-corrected chi connectivity index (χ3v) is 1.98. The first-order valence-corrected chi connectivity index (χ1v) is 4.74. The maximum absolute atomic E-state index is 12.9. The van der Waals surface area contributed by atoms with Crippen molar-refractivity contribution in [3.8, 4) is 11.6 Å². The molecule has 2 aromatic rings. The van der Waals surface area contributed by atoms with Gasteiger partial charge in [-0.1, -0.05) is 6.07 Å². The molecular formula is C11H9FN4O. The zero-order valence-corrected chi connectivity index (χ0v) is 8.72. The summed E-state index contributed by atoms with van der Waals surface area (Å²) < 4.78 is 18.3. The summed E-state index contributed by atoms with van der Waals surface area (Å²) in [5, 5.41) is 7.33. The summed E-state index contributed by atoms with van der Waals surface area (Å²) >= 11 is 0. The van der Waals surface area contributed by atoms with Crippen LogP contribution in [0.4, 0.5) is 4.39 Å². The second-order valence-electron chi connectivity index (χ2n) is 3.21. The molecule has 1 heterocycles. The van der Waals surface area contributed by atoms with Gasteiger partial charge in [-0.15, -0.1) is 0 Å². The molecule has 0 spiro atoms. The largest absolute Gasteiger partial charge is 0.438 e. The number of benzene rings is 1. The molecule has 0 aliphatic rings. The van der Waals surface area contributed by atoms with Crippen LogP contribution in [0.1, 0.15) is 5.56 Å². The number of hydrogen-bond acceptors (Lipinski definition) is 4. The van der Waals surface area contributed by atoms with Gasteiger partial charge in [0.1, 0.15) is 23.7 Å². The summed E-state index contributed by atoms with van der Waals surface area (Å²) in [6, 6.07) is 5.61. The van der Waals surface area contributed by atoms with Crippen LogP contribution in [0.25, 0.3) is 0 Å². The number of ether oxygens (including phenoxy) is 1. The van der Waals surface area contributed by atoms with E-state index in [1.54, 1.807) is 6.07 Å². The second-order valence-corrected chi connectivity index (χ2v) is 3.21. The van der Waals surface area contributed by atoms with Gasteiger partial charge in [-0.3, -0.25) is 5.41 Å². The highest BCUT2D eigenvalue weighted by atomic mass is 19.1. The molecule has 17 heavy (non-hydrogen) atoms. The Bertz CT molecular complexity index is 559. The molecule has 1 aromatic heterocycles. The number of nitrogens with two attached hydrogens (primary N) is 1. The van der Waals surface area contributed by atoms with Crippen molar-refractivity contribution in [3.63, 3.8) is 0 Å². The third kappa shape index (κ3) is 2.54. The van der Waals surface area contributed by atoms with Crippen molar-refractivity contribution in [1.29, 1.82) is 5.41 Å². The number of rotatable bonds is 3. The van der Waals surface area contributed by atoms with Gasteiger partial charge in [-0.05, 0) is 12.1 Å². The third-order valence-electron chi connectivity index (χ3n) is 1.98. The lowest BCUT2D eigenvalue weighted by molar-refractivity contribution is 0.455. The van der Waals surface area contributed by atoms with E-state index in [2.05, 4.69) is 9.97 Å². The van der Waals surface area contributed by atoms with Crippen LogP contribution in [-0.4, -0.2) is 15.8 Å². The first kappa shape index (κ1) is 11.0. The number of aromatic nitrogens is 2. The van der Waals surface area contributed by atoms with Crippen LogP contribution in [0.15, 0.2) is 36.8 Å². The van der Waals surface area contributed by atoms with Crippen LogP contribution in [0.3, 0.4) is 0 Å². The molecule has 6 heteroatoms. The Hall–Kier alpha value is -2.50. The second kappa shape index (κ2) is 4.56. The topological polar surface area (TPSA) is 84.9 Å². The molecule has 0 unspecified atom stereocenters. The Morgan fingerprint density at radius 1 is 1.41 bits per heavy atom. The SMILES string of the molecule is N=C(N)c1cncnc1Oc1cccc(F)c1. The van der Waals surface area contributed by atoms with Gasteiger partial charge in [0.15, 0.2) is 0 Å².